The Balaban J connectivity index is 0.00000400. The highest BCUT2D eigenvalue weighted by molar-refractivity contribution is 5.85. The third-order valence-corrected chi connectivity index (χ3v) is 3.12. The first-order valence-corrected chi connectivity index (χ1v) is 5.78. The lowest BCUT2D eigenvalue weighted by molar-refractivity contribution is -0.282. The van der Waals surface area contributed by atoms with Crippen molar-refractivity contribution in [3.8, 4) is 0 Å². The Morgan fingerprint density at radius 1 is 1.24 bits per heavy atom. The zero-order chi connectivity index (χ0) is 15.7. The molecule has 0 aromatic carbocycles. The Hall–Kier alpha value is -0.620. The van der Waals surface area contributed by atoms with Crippen LogP contribution in [0.1, 0.15) is 6.42 Å². The molecule has 1 fully saturated rings. The van der Waals surface area contributed by atoms with E-state index < -0.39 is 61.5 Å². The fourth-order valence-electron chi connectivity index (χ4n) is 1.95. The molecule has 1 aliphatic heterocycles. The summed E-state index contributed by atoms with van der Waals surface area (Å²) in [5, 5.41) is 45.8. The Morgan fingerprint density at radius 3 is 2.19 bits per heavy atom. The maximum atomic E-state index is 13.9. The second-order valence-corrected chi connectivity index (χ2v) is 4.66. The van der Waals surface area contributed by atoms with E-state index in [0.717, 1.165) is 0 Å². The molecule has 7 N–H and O–H groups in total. The molecule has 0 spiro atoms. The van der Waals surface area contributed by atoms with E-state index in [9.17, 15) is 28.9 Å². The van der Waals surface area contributed by atoms with Crippen molar-refractivity contribution in [3.63, 3.8) is 0 Å². The van der Waals surface area contributed by atoms with Gasteiger partial charge in [-0.25, -0.2) is 8.78 Å². The van der Waals surface area contributed by atoms with Crippen LogP contribution < -0.4 is 5.73 Å². The van der Waals surface area contributed by atoms with Crippen molar-refractivity contribution in [2.45, 2.75) is 48.9 Å². The van der Waals surface area contributed by atoms with Crippen LogP contribution in [0.3, 0.4) is 0 Å². The topological polar surface area (TPSA) is 153 Å². The molecule has 1 rings (SSSR count). The van der Waals surface area contributed by atoms with Crippen molar-refractivity contribution in [2.75, 3.05) is 6.61 Å². The highest BCUT2D eigenvalue weighted by Gasteiger charge is 2.55. The highest BCUT2D eigenvalue weighted by atomic mass is 35.5. The number of aliphatic carboxylic acids is 1. The number of hydrogen-bond acceptors (Lipinski definition) is 7. The van der Waals surface area contributed by atoms with Crippen molar-refractivity contribution in [2.24, 2.45) is 5.73 Å². The first-order valence-electron chi connectivity index (χ1n) is 5.78. The van der Waals surface area contributed by atoms with E-state index >= 15 is 0 Å². The molecule has 1 aliphatic rings. The van der Waals surface area contributed by atoms with Crippen molar-refractivity contribution in [1.82, 2.24) is 0 Å². The van der Waals surface area contributed by atoms with Crippen LogP contribution in [0.2, 0.25) is 0 Å². The molecule has 0 aromatic rings. The second kappa shape index (κ2) is 7.58. The Labute approximate surface area is 124 Å². The first kappa shape index (κ1) is 20.4. The minimum atomic E-state index is -3.87. The fourth-order valence-corrected chi connectivity index (χ4v) is 1.95. The number of carbonyl (C=O) groups is 1. The summed E-state index contributed by atoms with van der Waals surface area (Å²) in [5.74, 6) is -5.53. The third-order valence-electron chi connectivity index (χ3n) is 3.12. The van der Waals surface area contributed by atoms with Gasteiger partial charge >= 0.3 is 5.97 Å². The van der Waals surface area contributed by atoms with Crippen LogP contribution in [-0.4, -0.2) is 80.6 Å². The maximum Gasteiger partial charge on any atom is 0.320 e. The third kappa shape index (κ3) is 4.42. The van der Waals surface area contributed by atoms with Gasteiger partial charge in [-0.15, -0.1) is 12.4 Å². The lowest BCUT2D eigenvalue weighted by atomic mass is 9.89. The number of alkyl halides is 2. The standard InChI is InChI=1S/C10H17F2NO7.ClH/c11-10(12,1-3(13)9(18)19)8-7(17)6(16)5(15)4(2-14)20-8;/h3-8,14-17H,1-2,13H2,(H,18,19);1H/t3?,4-,5+,6+,7-,8+;/m1./s1. The van der Waals surface area contributed by atoms with Crippen molar-refractivity contribution in [3.05, 3.63) is 0 Å². The van der Waals surface area contributed by atoms with Gasteiger partial charge in [0.1, 0.15) is 36.6 Å². The molecule has 6 atom stereocenters. The molecule has 11 heteroatoms. The van der Waals surface area contributed by atoms with Gasteiger partial charge in [-0.3, -0.25) is 4.79 Å². The summed E-state index contributed by atoms with van der Waals surface area (Å²) in [7, 11) is 0. The van der Waals surface area contributed by atoms with Crippen molar-refractivity contribution in [1.29, 1.82) is 0 Å². The van der Waals surface area contributed by atoms with Crippen LogP contribution in [0, 0.1) is 0 Å². The number of carboxylic acids is 1. The predicted octanol–water partition coefficient (Wildman–Crippen LogP) is -2.31. The van der Waals surface area contributed by atoms with Crippen LogP contribution >= 0.6 is 12.4 Å². The SMILES string of the molecule is Cl.NC(CC(F)(F)[C@H]1O[C@H](CO)[C@H](O)[C@H](O)[C@H]1O)C(=O)O. The van der Waals surface area contributed by atoms with Gasteiger partial charge in [0.2, 0.25) is 0 Å². The van der Waals surface area contributed by atoms with Gasteiger partial charge in [-0.1, -0.05) is 0 Å². The molecule has 1 saturated heterocycles. The van der Waals surface area contributed by atoms with E-state index in [1.54, 1.807) is 0 Å². The highest BCUT2D eigenvalue weighted by Crippen LogP contribution is 2.34. The largest absolute Gasteiger partial charge is 0.480 e. The molecular weight excluding hydrogens is 320 g/mol. The average molecular weight is 338 g/mol. The molecule has 8 nitrogen and oxygen atoms in total. The zero-order valence-electron chi connectivity index (χ0n) is 10.7. The van der Waals surface area contributed by atoms with Gasteiger partial charge in [-0.05, 0) is 0 Å². The molecule has 1 unspecified atom stereocenters. The number of hydrogen-bond donors (Lipinski definition) is 6. The minimum Gasteiger partial charge on any atom is -0.480 e. The summed E-state index contributed by atoms with van der Waals surface area (Å²) in [5.41, 5.74) is 5.01. The quantitative estimate of drug-likeness (QED) is 0.327. The molecular formula is C10H18ClF2NO7. The Bertz CT molecular complexity index is 360. The average Bonchev–Trinajstić information content (AvgIpc) is 2.35. The molecule has 0 aromatic heterocycles. The molecule has 21 heavy (non-hydrogen) atoms. The van der Waals surface area contributed by atoms with E-state index in [2.05, 4.69) is 4.74 Å². The van der Waals surface area contributed by atoms with E-state index in [1.165, 1.54) is 0 Å². The van der Waals surface area contributed by atoms with Crippen molar-refractivity contribution >= 4 is 18.4 Å². The van der Waals surface area contributed by atoms with Crippen LogP contribution in [-0.2, 0) is 9.53 Å². The summed E-state index contributed by atoms with van der Waals surface area (Å²) in [4.78, 5) is 10.5. The Morgan fingerprint density at radius 2 is 1.76 bits per heavy atom. The maximum absolute atomic E-state index is 13.9. The van der Waals surface area contributed by atoms with Crippen LogP contribution in [0.5, 0.6) is 0 Å². The van der Waals surface area contributed by atoms with Crippen LogP contribution in [0.15, 0.2) is 0 Å². The van der Waals surface area contributed by atoms with Gasteiger partial charge in [0, 0.05) is 6.42 Å². The zero-order valence-corrected chi connectivity index (χ0v) is 11.5. The van der Waals surface area contributed by atoms with Gasteiger partial charge < -0.3 is 36.0 Å². The number of aliphatic hydroxyl groups is 4. The number of halogens is 3. The monoisotopic (exact) mass is 337 g/mol. The minimum absolute atomic E-state index is 0. The smallest absolute Gasteiger partial charge is 0.320 e. The summed E-state index contributed by atoms with van der Waals surface area (Å²) in [6.45, 7) is -0.859. The Kier molecular flexibility index (Phi) is 7.36. The molecule has 0 aliphatic carbocycles. The van der Waals surface area contributed by atoms with Crippen molar-refractivity contribution < 1.29 is 43.8 Å². The van der Waals surface area contributed by atoms with Crippen LogP contribution in [0.25, 0.3) is 0 Å². The molecule has 0 radical (unpaired) electrons. The van der Waals surface area contributed by atoms with Crippen LogP contribution in [0.4, 0.5) is 8.78 Å². The summed E-state index contributed by atoms with van der Waals surface area (Å²) in [6.07, 6.45) is -11.0. The summed E-state index contributed by atoms with van der Waals surface area (Å²) < 4.78 is 32.4. The predicted molar refractivity (Wildman–Crippen MR) is 66.2 cm³/mol. The normalized spacial score (nSPS) is 34.9. The van der Waals surface area contributed by atoms with Gasteiger partial charge in [-0.2, -0.15) is 0 Å². The molecule has 0 bridgehead atoms. The van der Waals surface area contributed by atoms with E-state index in [-0.39, 0.29) is 12.4 Å². The summed E-state index contributed by atoms with van der Waals surface area (Å²) >= 11 is 0. The molecule has 126 valence electrons. The lowest BCUT2D eigenvalue weighted by Gasteiger charge is -2.43. The summed E-state index contributed by atoms with van der Waals surface area (Å²) in [6, 6.07) is -1.89. The van der Waals surface area contributed by atoms with Gasteiger partial charge in [0.15, 0.2) is 0 Å². The second-order valence-electron chi connectivity index (χ2n) is 4.66. The van der Waals surface area contributed by atoms with Gasteiger partial charge in [0.05, 0.1) is 6.61 Å². The number of ether oxygens (including phenoxy) is 1. The molecule has 0 saturated carbocycles. The first-order chi connectivity index (χ1) is 9.11. The molecule has 1 heterocycles. The number of carboxylic acid groups (broad SMARTS) is 1. The number of nitrogens with two attached hydrogens (primary N) is 1. The number of aliphatic hydroxyl groups excluding tert-OH is 4. The van der Waals surface area contributed by atoms with Gasteiger partial charge in [0.25, 0.3) is 5.92 Å². The van der Waals surface area contributed by atoms with E-state index in [4.69, 9.17) is 15.9 Å². The fraction of sp³-hybridized carbons (Fsp3) is 0.900. The molecule has 0 amide bonds. The number of rotatable bonds is 5. The lowest BCUT2D eigenvalue weighted by Crippen LogP contribution is -2.63. The van der Waals surface area contributed by atoms with E-state index in [1.807, 2.05) is 0 Å². The van der Waals surface area contributed by atoms with E-state index in [0.29, 0.717) is 0 Å².